The van der Waals surface area contributed by atoms with Gasteiger partial charge >= 0.3 is 0 Å². The van der Waals surface area contributed by atoms with Crippen LogP contribution < -0.4 is 10.2 Å². The first kappa shape index (κ1) is 26.0. The van der Waals surface area contributed by atoms with E-state index < -0.39 is 4.92 Å². The van der Waals surface area contributed by atoms with Crippen LogP contribution in [0.5, 0.6) is 5.75 Å². The molecule has 4 aromatic rings. The molecule has 7 nitrogen and oxygen atoms in total. The number of nitrogens with one attached hydrogen (secondary N) is 1. The monoisotopic (exact) mass is 514 g/mol. The number of nitrogens with zero attached hydrogens (tertiary/aromatic N) is 3. The summed E-state index contributed by atoms with van der Waals surface area (Å²) in [6, 6.07) is 20.6. The number of unbranched alkanes of at least 4 members (excludes halogenated alkanes) is 2. The molecular weight excluding hydrogens is 484 g/mol. The number of hydrazone groups is 1. The van der Waals surface area contributed by atoms with E-state index in [2.05, 4.69) is 49.5 Å². The zero-order valence-corrected chi connectivity index (χ0v) is 22.0. The average Bonchev–Trinajstić information content (AvgIpc) is 3.31. The van der Waals surface area contributed by atoms with Gasteiger partial charge in [0.25, 0.3) is 5.69 Å². The number of ether oxygens (including phenoxy) is 1. The normalized spacial score (nSPS) is 11.1. The number of aryl methyl sites for hydroxylation is 2. The van der Waals surface area contributed by atoms with Crippen LogP contribution in [0.3, 0.4) is 0 Å². The Hall–Kier alpha value is -4.04. The van der Waals surface area contributed by atoms with Crippen molar-refractivity contribution >= 4 is 28.4 Å². The van der Waals surface area contributed by atoms with Crippen molar-refractivity contribution < 1.29 is 9.66 Å². The predicted molar refractivity (Wildman–Crippen MR) is 152 cm³/mol. The maximum absolute atomic E-state index is 11.1. The molecule has 37 heavy (non-hydrogen) atoms. The molecule has 0 aliphatic heterocycles. The minimum Gasteiger partial charge on any atom is -0.494 e. The third kappa shape index (κ3) is 6.80. The lowest BCUT2D eigenvalue weighted by atomic mass is 10.0. The fourth-order valence-electron chi connectivity index (χ4n) is 3.91. The second kappa shape index (κ2) is 12.3. The molecule has 0 fully saturated rings. The Bertz CT molecular complexity index is 1380. The highest BCUT2D eigenvalue weighted by atomic mass is 32.1. The largest absolute Gasteiger partial charge is 0.494 e. The molecule has 1 N–H and O–H groups in total. The second-order valence-corrected chi connectivity index (χ2v) is 9.81. The Labute approximate surface area is 221 Å². The molecule has 1 aromatic heterocycles. The first-order valence-electron chi connectivity index (χ1n) is 12.3. The van der Waals surface area contributed by atoms with Crippen LogP contribution in [-0.4, -0.2) is 22.7 Å². The molecule has 0 unspecified atom stereocenters. The molecule has 0 saturated carbocycles. The lowest BCUT2D eigenvalue weighted by Crippen LogP contribution is -1.97. The summed E-state index contributed by atoms with van der Waals surface area (Å²) in [6.45, 7) is 7.02. The van der Waals surface area contributed by atoms with Gasteiger partial charge in [0.15, 0.2) is 0 Å². The minimum absolute atomic E-state index is 0.0571. The standard InChI is InChI=1S/C29H30N4O3S/c1-4-5-6-17-36-25-14-8-22(9-15-25)19-30-32-29-31-27(26-16-7-20(2)18-21(26)3)28(37-29)23-10-12-24(13-11-23)33(34)35/h7-16,18-19H,4-6,17H2,1-3H3,(H,31,32)/b30-19-. The summed E-state index contributed by atoms with van der Waals surface area (Å²) in [5.41, 5.74) is 9.04. The van der Waals surface area contributed by atoms with Crippen molar-refractivity contribution in [2.75, 3.05) is 12.0 Å². The van der Waals surface area contributed by atoms with E-state index in [9.17, 15) is 10.1 Å². The molecule has 0 radical (unpaired) electrons. The molecule has 0 bridgehead atoms. The lowest BCUT2D eigenvalue weighted by Gasteiger charge is -2.07. The number of hydrogen-bond acceptors (Lipinski definition) is 7. The zero-order chi connectivity index (χ0) is 26.2. The van der Waals surface area contributed by atoms with Crippen molar-refractivity contribution in [3.63, 3.8) is 0 Å². The maximum atomic E-state index is 11.1. The highest BCUT2D eigenvalue weighted by Gasteiger charge is 2.17. The molecular formula is C29H30N4O3S. The van der Waals surface area contributed by atoms with Crippen LogP contribution >= 0.6 is 11.3 Å². The van der Waals surface area contributed by atoms with Gasteiger partial charge in [-0.1, -0.05) is 54.9 Å². The van der Waals surface area contributed by atoms with E-state index in [0.29, 0.717) is 5.13 Å². The Kier molecular flexibility index (Phi) is 8.64. The summed E-state index contributed by atoms with van der Waals surface area (Å²) in [5, 5.41) is 16.1. The summed E-state index contributed by atoms with van der Waals surface area (Å²) in [7, 11) is 0. The Morgan fingerprint density at radius 3 is 2.49 bits per heavy atom. The quantitative estimate of drug-likeness (QED) is 0.0947. The van der Waals surface area contributed by atoms with Crippen LogP contribution in [0, 0.1) is 24.0 Å². The molecule has 1 heterocycles. The van der Waals surface area contributed by atoms with Crippen LogP contribution in [0.25, 0.3) is 21.7 Å². The van der Waals surface area contributed by atoms with Crippen molar-refractivity contribution in [3.8, 4) is 27.4 Å². The van der Waals surface area contributed by atoms with E-state index >= 15 is 0 Å². The maximum Gasteiger partial charge on any atom is 0.269 e. The number of aromatic nitrogens is 1. The third-order valence-electron chi connectivity index (χ3n) is 5.88. The van der Waals surface area contributed by atoms with Gasteiger partial charge in [-0.05, 0) is 73.4 Å². The summed E-state index contributed by atoms with van der Waals surface area (Å²) >= 11 is 1.46. The molecule has 8 heteroatoms. The number of nitro groups is 1. The SMILES string of the molecule is CCCCCOc1ccc(/C=N\Nc2nc(-c3ccc(C)cc3C)c(-c3ccc([N+](=O)[O-])cc3)s2)cc1. The molecule has 0 aliphatic rings. The summed E-state index contributed by atoms with van der Waals surface area (Å²) in [6.07, 6.45) is 5.14. The fraction of sp³-hybridized carbons (Fsp3) is 0.241. The number of thiazole rings is 1. The van der Waals surface area contributed by atoms with E-state index in [1.807, 2.05) is 24.3 Å². The predicted octanol–water partition coefficient (Wildman–Crippen LogP) is 8.02. The van der Waals surface area contributed by atoms with E-state index in [4.69, 9.17) is 9.72 Å². The van der Waals surface area contributed by atoms with Gasteiger partial charge in [0.05, 0.1) is 28.3 Å². The second-order valence-electron chi connectivity index (χ2n) is 8.81. The number of anilines is 1. The molecule has 0 spiro atoms. The van der Waals surface area contributed by atoms with Gasteiger partial charge in [0.2, 0.25) is 5.13 Å². The fourth-order valence-corrected chi connectivity index (χ4v) is 4.85. The van der Waals surface area contributed by atoms with E-state index in [1.54, 1.807) is 18.3 Å². The first-order chi connectivity index (χ1) is 17.9. The van der Waals surface area contributed by atoms with Crippen LogP contribution in [0.2, 0.25) is 0 Å². The molecule has 0 saturated heterocycles. The molecule has 3 aromatic carbocycles. The summed E-state index contributed by atoms with van der Waals surface area (Å²) < 4.78 is 5.77. The van der Waals surface area contributed by atoms with Crippen LogP contribution in [0.15, 0.2) is 71.8 Å². The molecule has 0 atom stereocenters. The summed E-state index contributed by atoms with van der Waals surface area (Å²) in [4.78, 5) is 16.5. The number of hydrogen-bond donors (Lipinski definition) is 1. The first-order valence-corrected chi connectivity index (χ1v) is 13.1. The molecule has 0 aliphatic carbocycles. The van der Waals surface area contributed by atoms with Crippen LogP contribution in [0.4, 0.5) is 10.8 Å². The zero-order valence-electron chi connectivity index (χ0n) is 21.2. The van der Waals surface area contributed by atoms with Gasteiger partial charge in [-0.2, -0.15) is 5.10 Å². The lowest BCUT2D eigenvalue weighted by molar-refractivity contribution is -0.384. The smallest absolute Gasteiger partial charge is 0.269 e. The van der Waals surface area contributed by atoms with Crippen LogP contribution in [-0.2, 0) is 0 Å². The van der Waals surface area contributed by atoms with Crippen molar-refractivity contribution in [1.82, 2.24) is 4.98 Å². The molecule has 4 rings (SSSR count). The van der Waals surface area contributed by atoms with E-state index in [0.717, 1.165) is 51.6 Å². The topological polar surface area (TPSA) is 89.7 Å². The Morgan fingerprint density at radius 2 is 1.81 bits per heavy atom. The van der Waals surface area contributed by atoms with Crippen molar-refractivity contribution in [3.05, 3.63) is 93.5 Å². The number of rotatable bonds is 11. The third-order valence-corrected chi connectivity index (χ3v) is 6.88. The van der Waals surface area contributed by atoms with Crippen molar-refractivity contribution in [2.24, 2.45) is 5.10 Å². The van der Waals surface area contributed by atoms with Gasteiger partial charge in [-0.15, -0.1) is 0 Å². The number of nitro benzene ring substituents is 1. The Balaban J connectivity index is 1.54. The minimum atomic E-state index is -0.395. The van der Waals surface area contributed by atoms with E-state index in [-0.39, 0.29) is 5.69 Å². The van der Waals surface area contributed by atoms with E-state index in [1.165, 1.54) is 41.9 Å². The number of non-ortho nitro benzene ring substituents is 1. The van der Waals surface area contributed by atoms with Gasteiger partial charge in [0, 0.05) is 17.7 Å². The highest BCUT2D eigenvalue weighted by Crippen LogP contribution is 2.40. The van der Waals surface area contributed by atoms with Crippen molar-refractivity contribution in [1.29, 1.82) is 0 Å². The molecule has 0 amide bonds. The van der Waals surface area contributed by atoms with Gasteiger partial charge in [0.1, 0.15) is 5.75 Å². The molecule has 190 valence electrons. The average molecular weight is 515 g/mol. The highest BCUT2D eigenvalue weighted by molar-refractivity contribution is 7.19. The Morgan fingerprint density at radius 1 is 1.05 bits per heavy atom. The summed E-state index contributed by atoms with van der Waals surface area (Å²) in [5.74, 6) is 0.854. The van der Waals surface area contributed by atoms with Crippen LogP contribution in [0.1, 0.15) is 42.9 Å². The van der Waals surface area contributed by atoms with Gasteiger partial charge in [-0.3, -0.25) is 15.5 Å². The van der Waals surface area contributed by atoms with Crippen molar-refractivity contribution in [2.45, 2.75) is 40.0 Å². The number of benzene rings is 3. The van der Waals surface area contributed by atoms with Gasteiger partial charge in [-0.25, -0.2) is 4.98 Å². The van der Waals surface area contributed by atoms with Gasteiger partial charge < -0.3 is 4.74 Å².